The number of methoxy groups -OCH3 is 1. The highest BCUT2D eigenvalue weighted by Crippen LogP contribution is 2.65. The number of carbonyl (C=O) groups excluding carboxylic acids is 1. The van der Waals surface area contributed by atoms with E-state index in [0.29, 0.717) is 30.3 Å². The standard InChI is InChI=1S/C38H57N3O4/c1-25-23-41(5)26(2)22-38(25,27-7-10-30(44-6)11-8-27)19-20-39-35(43)24-45-40-29-15-17-36(3)28(21-29)9-12-31-32-13-14-34(42)37(32,4)18-16-33(31)36/h7-8,10-11,21,25-26,31-34,42H,9,12-20,22-24H2,1-6H3,(H,39,43)/t25-,26-,31-,32-,33-,34+,36-,37-,38+/m0/s1. The second-order valence-electron chi connectivity index (χ2n) is 15.9. The molecule has 1 amide bonds. The molecule has 7 nitrogen and oxygen atoms in total. The number of amides is 1. The number of piperidine rings is 1. The second kappa shape index (κ2) is 12.7. The molecule has 5 aliphatic rings. The Morgan fingerprint density at radius 2 is 1.84 bits per heavy atom. The van der Waals surface area contributed by atoms with Gasteiger partial charge in [-0.25, -0.2) is 0 Å². The van der Waals surface area contributed by atoms with E-state index in [4.69, 9.17) is 9.57 Å². The summed E-state index contributed by atoms with van der Waals surface area (Å²) in [6.45, 7) is 11.1. The van der Waals surface area contributed by atoms with E-state index in [2.05, 4.69) is 80.5 Å². The molecule has 9 atom stereocenters. The first kappa shape index (κ1) is 32.6. The Morgan fingerprint density at radius 1 is 1.07 bits per heavy atom. The minimum absolute atomic E-state index is 0.0129. The molecule has 1 heterocycles. The molecule has 1 aromatic rings. The highest BCUT2D eigenvalue weighted by atomic mass is 16.6. The fourth-order valence-corrected chi connectivity index (χ4v) is 10.8. The third-order valence-corrected chi connectivity index (χ3v) is 13.8. The Morgan fingerprint density at radius 3 is 2.60 bits per heavy atom. The fourth-order valence-electron chi connectivity index (χ4n) is 10.8. The van der Waals surface area contributed by atoms with Crippen LogP contribution in [0.1, 0.15) is 97.5 Å². The maximum absolute atomic E-state index is 12.9. The van der Waals surface area contributed by atoms with Crippen molar-refractivity contribution in [3.8, 4) is 5.75 Å². The molecule has 4 aliphatic carbocycles. The lowest BCUT2D eigenvalue weighted by Crippen LogP contribution is -2.52. The minimum atomic E-state index is -0.122. The molecule has 7 heteroatoms. The zero-order valence-electron chi connectivity index (χ0n) is 28.6. The van der Waals surface area contributed by atoms with Crippen LogP contribution in [-0.2, 0) is 15.0 Å². The molecule has 45 heavy (non-hydrogen) atoms. The smallest absolute Gasteiger partial charge is 0.260 e. The maximum atomic E-state index is 12.9. The Kier molecular flexibility index (Phi) is 9.17. The average Bonchev–Trinajstić information content (AvgIpc) is 3.33. The molecule has 1 aromatic carbocycles. The first-order chi connectivity index (χ1) is 21.5. The van der Waals surface area contributed by atoms with Gasteiger partial charge in [-0.2, -0.15) is 0 Å². The van der Waals surface area contributed by atoms with E-state index < -0.39 is 0 Å². The monoisotopic (exact) mass is 619 g/mol. The number of nitrogens with zero attached hydrogens (tertiary/aromatic N) is 2. The maximum Gasteiger partial charge on any atom is 0.260 e. The van der Waals surface area contributed by atoms with E-state index in [1.165, 1.54) is 30.4 Å². The zero-order valence-corrected chi connectivity index (χ0v) is 28.6. The summed E-state index contributed by atoms with van der Waals surface area (Å²) in [4.78, 5) is 21.0. The van der Waals surface area contributed by atoms with E-state index in [1.54, 1.807) is 7.11 Å². The van der Waals surface area contributed by atoms with E-state index in [-0.39, 0.29) is 34.9 Å². The van der Waals surface area contributed by atoms with Gasteiger partial charge in [-0.3, -0.25) is 4.79 Å². The normalized spacial score (nSPS) is 40.6. The van der Waals surface area contributed by atoms with Crippen LogP contribution in [0.15, 0.2) is 41.1 Å². The Labute approximate surface area is 271 Å². The Bertz CT molecular complexity index is 1290. The molecular formula is C38H57N3O4. The topological polar surface area (TPSA) is 83.4 Å². The SMILES string of the molecule is COc1ccc([C@]2(CCNC(=O)CON=C3C=C4CC[C@H]5[C@@H]6CC[C@@H](O)[C@@]6(C)CC[C@@H]5[C@@]4(C)CC3)C[C@H](C)N(C)C[C@@H]2C)cc1. The van der Waals surface area contributed by atoms with Crippen molar-refractivity contribution in [1.29, 1.82) is 0 Å². The summed E-state index contributed by atoms with van der Waals surface area (Å²) in [6.07, 6.45) is 13.0. The third-order valence-electron chi connectivity index (χ3n) is 13.8. The number of rotatable bonds is 8. The lowest BCUT2D eigenvalue weighted by Gasteiger charge is -2.57. The first-order valence-corrected chi connectivity index (χ1v) is 17.7. The summed E-state index contributed by atoms with van der Waals surface area (Å²) in [6, 6.07) is 8.98. The molecule has 6 rings (SSSR count). The van der Waals surface area contributed by atoms with Crippen molar-refractivity contribution in [3.63, 3.8) is 0 Å². The van der Waals surface area contributed by atoms with Crippen molar-refractivity contribution < 1.29 is 19.5 Å². The Hall–Kier alpha value is -2.38. The second-order valence-corrected chi connectivity index (χ2v) is 15.9. The highest BCUT2D eigenvalue weighted by Gasteiger charge is 2.58. The number of hydrogen-bond acceptors (Lipinski definition) is 6. The molecule has 0 bridgehead atoms. The molecule has 4 fully saturated rings. The first-order valence-electron chi connectivity index (χ1n) is 17.7. The molecule has 2 N–H and O–H groups in total. The van der Waals surface area contributed by atoms with Crippen LogP contribution in [0.5, 0.6) is 5.75 Å². The van der Waals surface area contributed by atoms with Gasteiger partial charge in [-0.1, -0.05) is 43.6 Å². The van der Waals surface area contributed by atoms with Gasteiger partial charge in [-0.05, 0) is 136 Å². The van der Waals surface area contributed by atoms with Gasteiger partial charge >= 0.3 is 0 Å². The molecule has 3 saturated carbocycles. The van der Waals surface area contributed by atoms with Crippen LogP contribution in [0.3, 0.4) is 0 Å². The molecular weight excluding hydrogens is 562 g/mol. The van der Waals surface area contributed by atoms with Crippen LogP contribution >= 0.6 is 0 Å². The van der Waals surface area contributed by atoms with Gasteiger partial charge < -0.3 is 24.9 Å². The van der Waals surface area contributed by atoms with Crippen LogP contribution < -0.4 is 10.1 Å². The summed E-state index contributed by atoms with van der Waals surface area (Å²) >= 11 is 0. The van der Waals surface area contributed by atoms with Gasteiger partial charge in [0.1, 0.15) is 5.75 Å². The van der Waals surface area contributed by atoms with Gasteiger partial charge in [0.2, 0.25) is 0 Å². The van der Waals surface area contributed by atoms with Gasteiger partial charge in [0.25, 0.3) is 5.91 Å². The van der Waals surface area contributed by atoms with Crippen LogP contribution in [0.2, 0.25) is 0 Å². The largest absolute Gasteiger partial charge is 0.497 e. The number of nitrogens with one attached hydrogen (secondary N) is 1. The van der Waals surface area contributed by atoms with Crippen LogP contribution in [-0.4, -0.2) is 67.6 Å². The molecule has 0 radical (unpaired) electrons. The lowest BCUT2D eigenvalue weighted by molar-refractivity contribution is -0.125. The van der Waals surface area contributed by atoms with Gasteiger partial charge in [0, 0.05) is 24.5 Å². The van der Waals surface area contributed by atoms with Crippen molar-refractivity contribution in [1.82, 2.24) is 10.2 Å². The van der Waals surface area contributed by atoms with E-state index in [9.17, 15) is 9.90 Å². The minimum Gasteiger partial charge on any atom is -0.497 e. The number of likely N-dealkylation sites (tertiary alicyclic amines) is 1. The average molecular weight is 620 g/mol. The number of benzene rings is 1. The van der Waals surface area contributed by atoms with Crippen LogP contribution in [0.25, 0.3) is 0 Å². The van der Waals surface area contributed by atoms with E-state index in [1.807, 2.05) is 0 Å². The number of aliphatic hydroxyl groups excluding tert-OH is 1. The molecule has 0 unspecified atom stereocenters. The number of allylic oxidation sites excluding steroid dienone is 2. The summed E-state index contributed by atoms with van der Waals surface area (Å²) in [7, 11) is 3.91. The molecule has 248 valence electrons. The summed E-state index contributed by atoms with van der Waals surface area (Å²) in [5, 5.41) is 18.4. The Balaban J connectivity index is 1.04. The lowest BCUT2D eigenvalue weighted by atomic mass is 9.47. The zero-order chi connectivity index (χ0) is 32.0. The molecule has 0 aromatic heterocycles. The van der Waals surface area contributed by atoms with Crippen molar-refractivity contribution in [2.45, 2.75) is 109 Å². The number of fused-ring (bicyclic) bond motifs is 5. The van der Waals surface area contributed by atoms with Crippen LogP contribution in [0, 0.1) is 34.5 Å². The predicted octanol–water partition coefficient (Wildman–Crippen LogP) is 6.50. The number of carbonyl (C=O) groups is 1. The predicted molar refractivity (Wildman–Crippen MR) is 179 cm³/mol. The highest BCUT2D eigenvalue weighted by molar-refractivity contribution is 5.96. The number of hydrogen-bond donors (Lipinski definition) is 2. The van der Waals surface area contributed by atoms with Gasteiger partial charge in [-0.15, -0.1) is 0 Å². The third kappa shape index (κ3) is 5.86. The van der Waals surface area contributed by atoms with Crippen LogP contribution in [0.4, 0.5) is 0 Å². The van der Waals surface area contributed by atoms with Crippen molar-refractivity contribution in [2.24, 2.45) is 39.7 Å². The summed E-state index contributed by atoms with van der Waals surface area (Å²) in [5.41, 5.74) is 4.14. The summed E-state index contributed by atoms with van der Waals surface area (Å²) in [5.74, 6) is 3.30. The number of ether oxygens (including phenoxy) is 1. The van der Waals surface area contributed by atoms with Gasteiger partial charge in [0.15, 0.2) is 6.61 Å². The summed E-state index contributed by atoms with van der Waals surface area (Å²) < 4.78 is 5.42. The van der Waals surface area contributed by atoms with Gasteiger partial charge in [0.05, 0.1) is 18.9 Å². The van der Waals surface area contributed by atoms with Crippen molar-refractivity contribution in [3.05, 3.63) is 41.5 Å². The van der Waals surface area contributed by atoms with Crippen molar-refractivity contribution in [2.75, 3.05) is 33.9 Å². The van der Waals surface area contributed by atoms with E-state index >= 15 is 0 Å². The fraction of sp³-hybridized carbons (Fsp3) is 0.737. The van der Waals surface area contributed by atoms with E-state index in [0.717, 1.165) is 68.9 Å². The number of aliphatic hydroxyl groups is 1. The van der Waals surface area contributed by atoms with Crippen molar-refractivity contribution >= 4 is 11.6 Å². The molecule has 1 aliphatic heterocycles. The quantitative estimate of drug-likeness (QED) is 0.325. The number of oxime groups is 1. The molecule has 1 saturated heterocycles. The molecule has 0 spiro atoms.